The molecule has 1 aromatic carbocycles. The summed E-state index contributed by atoms with van der Waals surface area (Å²) in [5.74, 6) is -0.0324. The molecule has 1 aromatic heterocycles. The molecule has 2 heterocycles. The summed E-state index contributed by atoms with van der Waals surface area (Å²) in [5.41, 5.74) is 3.89. The molecule has 0 saturated carbocycles. The van der Waals surface area contributed by atoms with Gasteiger partial charge in [-0.15, -0.1) is 11.3 Å². The van der Waals surface area contributed by atoms with Gasteiger partial charge in [0, 0.05) is 54.6 Å². The fourth-order valence-corrected chi connectivity index (χ4v) is 3.62. The molecule has 6 heteroatoms. The minimum Gasteiger partial charge on any atom is -0.369 e. The summed E-state index contributed by atoms with van der Waals surface area (Å²) < 4.78 is 0. The van der Waals surface area contributed by atoms with Crippen molar-refractivity contribution in [2.24, 2.45) is 5.10 Å². The average molecular weight is 356 g/mol. The summed E-state index contributed by atoms with van der Waals surface area (Å²) in [6.07, 6.45) is 2.18. The number of piperazine rings is 1. The van der Waals surface area contributed by atoms with Crippen LogP contribution in [0.25, 0.3) is 0 Å². The lowest BCUT2D eigenvalue weighted by Gasteiger charge is -2.36. The lowest BCUT2D eigenvalue weighted by molar-refractivity contribution is -0.121. The first-order valence-electron chi connectivity index (χ1n) is 8.61. The number of benzene rings is 1. The van der Waals surface area contributed by atoms with Crippen LogP contribution in [0.4, 0.5) is 5.69 Å². The highest BCUT2D eigenvalue weighted by Crippen LogP contribution is 2.15. The van der Waals surface area contributed by atoms with Crippen LogP contribution in [-0.2, 0) is 4.79 Å². The number of para-hydroxylation sites is 1. The molecule has 132 valence electrons. The Bertz CT molecular complexity index is 705. The lowest BCUT2D eigenvalue weighted by Crippen LogP contribution is -2.47. The molecule has 0 aliphatic carbocycles. The van der Waals surface area contributed by atoms with Gasteiger partial charge in [-0.2, -0.15) is 5.10 Å². The van der Waals surface area contributed by atoms with Crippen molar-refractivity contribution in [3.63, 3.8) is 0 Å². The van der Waals surface area contributed by atoms with Crippen molar-refractivity contribution in [3.8, 4) is 0 Å². The van der Waals surface area contributed by atoms with E-state index in [0.29, 0.717) is 6.42 Å². The minimum absolute atomic E-state index is 0.0324. The molecule has 0 radical (unpaired) electrons. The Kier molecular flexibility index (Phi) is 6.19. The fraction of sp³-hybridized carbons (Fsp3) is 0.368. The smallest absolute Gasteiger partial charge is 0.241 e. The predicted molar refractivity (Wildman–Crippen MR) is 105 cm³/mol. The predicted octanol–water partition coefficient (Wildman–Crippen LogP) is 2.72. The van der Waals surface area contributed by atoms with Gasteiger partial charge >= 0.3 is 0 Å². The molecule has 0 atom stereocenters. The van der Waals surface area contributed by atoms with Crippen LogP contribution in [0.5, 0.6) is 0 Å². The molecule has 3 rings (SSSR count). The maximum atomic E-state index is 11.9. The molecule has 1 aliphatic heterocycles. The Balaban J connectivity index is 1.35. The SMILES string of the molecule is Cc1ccc(/C=N/NC(=O)CCN2CCN(c3ccccc3)CC2)s1. The van der Waals surface area contributed by atoms with E-state index in [1.54, 1.807) is 17.6 Å². The molecule has 1 N–H and O–H groups in total. The first-order valence-corrected chi connectivity index (χ1v) is 9.43. The van der Waals surface area contributed by atoms with Gasteiger partial charge in [-0.1, -0.05) is 18.2 Å². The van der Waals surface area contributed by atoms with Gasteiger partial charge in [-0.05, 0) is 31.2 Å². The summed E-state index contributed by atoms with van der Waals surface area (Å²) >= 11 is 1.66. The summed E-state index contributed by atoms with van der Waals surface area (Å²) in [6, 6.07) is 14.5. The summed E-state index contributed by atoms with van der Waals surface area (Å²) in [4.78, 5) is 18.9. The standard InChI is InChI=1S/C19H24N4OS/c1-16-7-8-18(25-16)15-20-21-19(24)9-10-22-11-13-23(14-12-22)17-5-3-2-4-6-17/h2-8,15H,9-14H2,1H3,(H,21,24)/b20-15+. The summed E-state index contributed by atoms with van der Waals surface area (Å²) in [5, 5.41) is 4.03. The number of nitrogens with zero attached hydrogens (tertiary/aromatic N) is 3. The zero-order valence-electron chi connectivity index (χ0n) is 14.5. The zero-order valence-corrected chi connectivity index (χ0v) is 15.3. The van der Waals surface area contributed by atoms with E-state index >= 15 is 0 Å². The molecule has 5 nitrogen and oxygen atoms in total. The average Bonchev–Trinajstić information content (AvgIpc) is 3.06. The molecule has 1 amide bonds. The third-order valence-corrected chi connectivity index (χ3v) is 5.23. The number of thiophene rings is 1. The molecule has 1 saturated heterocycles. The highest BCUT2D eigenvalue weighted by molar-refractivity contribution is 7.13. The van der Waals surface area contributed by atoms with Crippen LogP contribution in [0.1, 0.15) is 16.2 Å². The Morgan fingerprint density at radius 1 is 1.16 bits per heavy atom. The van der Waals surface area contributed by atoms with E-state index in [1.165, 1.54) is 10.6 Å². The third kappa shape index (κ3) is 5.41. The second-order valence-corrected chi connectivity index (χ2v) is 7.48. The van der Waals surface area contributed by atoms with Gasteiger partial charge in [0.2, 0.25) is 5.91 Å². The van der Waals surface area contributed by atoms with Gasteiger partial charge in [0.15, 0.2) is 0 Å². The topological polar surface area (TPSA) is 47.9 Å². The van der Waals surface area contributed by atoms with E-state index in [9.17, 15) is 4.79 Å². The number of carbonyl (C=O) groups excluding carboxylic acids is 1. The van der Waals surface area contributed by atoms with Gasteiger partial charge in [0.05, 0.1) is 6.21 Å². The minimum atomic E-state index is -0.0324. The van der Waals surface area contributed by atoms with Crippen LogP contribution in [0, 0.1) is 6.92 Å². The number of rotatable bonds is 6. The number of aryl methyl sites for hydroxylation is 1. The Morgan fingerprint density at radius 3 is 2.60 bits per heavy atom. The number of carbonyl (C=O) groups is 1. The summed E-state index contributed by atoms with van der Waals surface area (Å²) in [6.45, 7) is 6.81. The largest absolute Gasteiger partial charge is 0.369 e. The lowest BCUT2D eigenvalue weighted by atomic mass is 10.2. The monoisotopic (exact) mass is 356 g/mol. The van der Waals surface area contributed by atoms with Gasteiger partial charge < -0.3 is 4.90 Å². The molecule has 0 spiro atoms. The summed E-state index contributed by atoms with van der Waals surface area (Å²) in [7, 11) is 0. The number of hydrogen-bond donors (Lipinski definition) is 1. The van der Waals surface area contributed by atoms with Crippen LogP contribution in [0.2, 0.25) is 0 Å². The van der Waals surface area contributed by atoms with Crippen molar-refractivity contribution < 1.29 is 4.79 Å². The molecule has 0 bridgehead atoms. The van der Waals surface area contributed by atoms with Crippen LogP contribution in [0.15, 0.2) is 47.6 Å². The normalized spacial score (nSPS) is 15.6. The van der Waals surface area contributed by atoms with Crippen LogP contribution in [-0.4, -0.2) is 49.7 Å². The van der Waals surface area contributed by atoms with E-state index in [-0.39, 0.29) is 5.91 Å². The molecule has 1 aliphatic rings. The fourth-order valence-electron chi connectivity index (χ4n) is 2.87. The quantitative estimate of drug-likeness (QED) is 0.639. The first-order chi connectivity index (χ1) is 12.2. The van der Waals surface area contributed by atoms with Crippen molar-refractivity contribution in [1.82, 2.24) is 10.3 Å². The maximum absolute atomic E-state index is 11.9. The van der Waals surface area contributed by atoms with Crippen molar-refractivity contribution in [3.05, 3.63) is 52.2 Å². The van der Waals surface area contributed by atoms with E-state index in [2.05, 4.69) is 51.5 Å². The maximum Gasteiger partial charge on any atom is 0.241 e. The van der Waals surface area contributed by atoms with Gasteiger partial charge in [-0.3, -0.25) is 9.69 Å². The molecule has 25 heavy (non-hydrogen) atoms. The number of amides is 1. The highest BCUT2D eigenvalue weighted by Gasteiger charge is 2.17. The van der Waals surface area contributed by atoms with Crippen molar-refractivity contribution in [2.75, 3.05) is 37.6 Å². The zero-order chi connectivity index (χ0) is 17.5. The van der Waals surface area contributed by atoms with E-state index in [4.69, 9.17) is 0 Å². The van der Waals surface area contributed by atoms with Crippen LogP contribution in [0.3, 0.4) is 0 Å². The third-order valence-electron chi connectivity index (χ3n) is 4.29. The van der Waals surface area contributed by atoms with Crippen molar-refractivity contribution in [2.45, 2.75) is 13.3 Å². The molecule has 1 fully saturated rings. The van der Waals surface area contributed by atoms with Crippen LogP contribution < -0.4 is 10.3 Å². The second-order valence-electron chi connectivity index (χ2n) is 6.16. The van der Waals surface area contributed by atoms with E-state index in [0.717, 1.165) is 37.6 Å². The Labute approximate surface area is 153 Å². The van der Waals surface area contributed by atoms with E-state index in [1.807, 2.05) is 18.2 Å². The molecule has 2 aromatic rings. The number of nitrogens with one attached hydrogen (secondary N) is 1. The molecular weight excluding hydrogens is 332 g/mol. The van der Waals surface area contributed by atoms with Gasteiger partial charge in [-0.25, -0.2) is 5.43 Å². The number of hydrogen-bond acceptors (Lipinski definition) is 5. The van der Waals surface area contributed by atoms with Crippen LogP contribution >= 0.6 is 11.3 Å². The van der Waals surface area contributed by atoms with Crippen molar-refractivity contribution in [1.29, 1.82) is 0 Å². The highest BCUT2D eigenvalue weighted by atomic mass is 32.1. The number of anilines is 1. The van der Waals surface area contributed by atoms with Gasteiger partial charge in [0.25, 0.3) is 0 Å². The van der Waals surface area contributed by atoms with Gasteiger partial charge in [0.1, 0.15) is 0 Å². The molecular formula is C19H24N4OS. The first kappa shape index (κ1) is 17.6. The number of hydrazone groups is 1. The van der Waals surface area contributed by atoms with E-state index < -0.39 is 0 Å². The molecule has 0 unspecified atom stereocenters. The Morgan fingerprint density at radius 2 is 1.92 bits per heavy atom. The second kappa shape index (κ2) is 8.78. The Hall–Kier alpha value is -2.18. The van der Waals surface area contributed by atoms with Crippen molar-refractivity contribution >= 4 is 29.1 Å².